The minimum atomic E-state index is 0.215. The van der Waals surface area contributed by atoms with E-state index in [4.69, 9.17) is 10.5 Å². The van der Waals surface area contributed by atoms with Gasteiger partial charge in [0.25, 0.3) is 0 Å². The predicted molar refractivity (Wildman–Crippen MR) is 101 cm³/mol. The van der Waals surface area contributed by atoms with Crippen LogP contribution in [-0.2, 0) is 17.6 Å². The van der Waals surface area contributed by atoms with E-state index in [9.17, 15) is 4.79 Å². The van der Waals surface area contributed by atoms with Crippen molar-refractivity contribution in [3.63, 3.8) is 0 Å². The smallest absolute Gasteiger partial charge is 0.226 e. The van der Waals surface area contributed by atoms with Crippen molar-refractivity contribution < 1.29 is 9.53 Å². The Hall–Kier alpha value is -2.49. The molecule has 0 unspecified atom stereocenters. The Morgan fingerprint density at radius 1 is 1.04 bits per heavy atom. The van der Waals surface area contributed by atoms with Gasteiger partial charge in [-0.05, 0) is 60.6 Å². The number of benzene rings is 2. The fourth-order valence-electron chi connectivity index (χ4n) is 3.40. The lowest BCUT2D eigenvalue weighted by atomic mass is 9.90. The average Bonchev–Trinajstić information content (AvgIpc) is 2.65. The lowest BCUT2D eigenvalue weighted by Crippen LogP contribution is -2.39. The number of piperidine rings is 1. The maximum absolute atomic E-state index is 12.5. The Morgan fingerprint density at radius 3 is 2.24 bits per heavy atom. The molecule has 4 heteroatoms. The number of hydrogen-bond donors (Lipinski definition) is 1. The molecule has 2 N–H and O–H groups in total. The number of ether oxygens (including phenoxy) is 1. The van der Waals surface area contributed by atoms with E-state index < -0.39 is 0 Å². The summed E-state index contributed by atoms with van der Waals surface area (Å²) < 4.78 is 5.20. The van der Waals surface area contributed by atoms with E-state index in [1.54, 1.807) is 7.11 Å². The molecule has 1 fully saturated rings. The summed E-state index contributed by atoms with van der Waals surface area (Å²) in [4.78, 5) is 14.5. The molecule has 132 valence electrons. The minimum Gasteiger partial charge on any atom is -0.497 e. The van der Waals surface area contributed by atoms with Crippen molar-refractivity contribution in [3.8, 4) is 5.75 Å². The lowest BCUT2D eigenvalue weighted by Gasteiger charge is -2.32. The van der Waals surface area contributed by atoms with E-state index >= 15 is 0 Å². The van der Waals surface area contributed by atoms with Crippen LogP contribution in [0.25, 0.3) is 0 Å². The number of nitrogens with zero attached hydrogens (tertiary/aromatic N) is 1. The predicted octanol–water partition coefficient (Wildman–Crippen LogP) is 3.30. The molecular formula is C21H26N2O2. The van der Waals surface area contributed by atoms with Crippen molar-refractivity contribution in [3.05, 3.63) is 59.7 Å². The van der Waals surface area contributed by atoms with Crippen molar-refractivity contribution in [1.29, 1.82) is 0 Å². The Morgan fingerprint density at radius 2 is 1.64 bits per heavy atom. The van der Waals surface area contributed by atoms with Crippen molar-refractivity contribution in [2.24, 2.45) is 5.92 Å². The molecule has 1 saturated heterocycles. The first-order chi connectivity index (χ1) is 12.1. The first-order valence-corrected chi connectivity index (χ1v) is 8.89. The van der Waals surface area contributed by atoms with Gasteiger partial charge in [0.2, 0.25) is 5.91 Å². The van der Waals surface area contributed by atoms with Crippen LogP contribution in [0.1, 0.15) is 24.0 Å². The van der Waals surface area contributed by atoms with Crippen molar-refractivity contribution in [2.45, 2.75) is 25.7 Å². The molecule has 2 aromatic rings. The highest BCUT2D eigenvalue weighted by molar-refractivity contribution is 5.79. The van der Waals surface area contributed by atoms with Gasteiger partial charge in [0, 0.05) is 18.8 Å². The van der Waals surface area contributed by atoms with Gasteiger partial charge in [0.05, 0.1) is 13.5 Å². The fourth-order valence-corrected chi connectivity index (χ4v) is 3.40. The first-order valence-electron chi connectivity index (χ1n) is 8.89. The first kappa shape index (κ1) is 17.3. The number of nitrogen functional groups attached to an aromatic ring is 1. The summed E-state index contributed by atoms with van der Waals surface area (Å²) in [5, 5.41) is 0. The number of rotatable bonds is 5. The molecule has 0 aromatic heterocycles. The highest BCUT2D eigenvalue weighted by atomic mass is 16.5. The standard InChI is InChI=1S/C21H26N2O2/c1-25-20-8-4-16(5-9-20)14-18-10-12-23(13-11-18)21(24)15-17-2-6-19(22)7-3-17/h2-9,18H,10-15,22H2,1H3. The zero-order valence-electron chi connectivity index (χ0n) is 14.8. The van der Waals surface area contributed by atoms with Crippen LogP contribution in [0.4, 0.5) is 5.69 Å². The normalized spacial score (nSPS) is 15.2. The summed E-state index contributed by atoms with van der Waals surface area (Å²) in [7, 11) is 1.69. The Bertz CT molecular complexity index is 687. The average molecular weight is 338 g/mol. The molecule has 0 aliphatic carbocycles. The van der Waals surface area contributed by atoms with Crippen LogP contribution in [0.15, 0.2) is 48.5 Å². The van der Waals surface area contributed by atoms with Crippen LogP contribution in [0.2, 0.25) is 0 Å². The van der Waals surface area contributed by atoms with Crippen LogP contribution in [0.5, 0.6) is 5.75 Å². The molecule has 1 aliphatic rings. The second-order valence-electron chi connectivity index (χ2n) is 6.79. The van der Waals surface area contributed by atoms with Gasteiger partial charge in [-0.1, -0.05) is 24.3 Å². The molecular weight excluding hydrogens is 312 g/mol. The van der Waals surface area contributed by atoms with Gasteiger partial charge in [0.1, 0.15) is 5.75 Å². The zero-order chi connectivity index (χ0) is 17.6. The largest absolute Gasteiger partial charge is 0.497 e. The van der Waals surface area contributed by atoms with Crippen molar-refractivity contribution in [2.75, 3.05) is 25.9 Å². The monoisotopic (exact) mass is 338 g/mol. The van der Waals surface area contributed by atoms with Crippen molar-refractivity contribution in [1.82, 2.24) is 4.90 Å². The van der Waals surface area contributed by atoms with E-state index in [2.05, 4.69) is 12.1 Å². The summed E-state index contributed by atoms with van der Waals surface area (Å²) >= 11 is 0. The van der Waals surface area contributed by atoms with Crippen LogP contribution in [0, 0.1) is 5.92 Å². The van der Waals surface area contributed by atoms with Gasteiger partial charge in [-0.3, -0.25) is 4.79 Å². The fraction of sp³-hybridized carbons (Fsp3) is 0.381. The molecule has 2 aromatic carbocycles. The lowest BCUT2D eigenvalue weighted by molar-refractivity contribution is -0.131. The van der Waals surface area contributed by atoms with Crippen molar-refractivity contribution >= 4 is 11.6 Å². The number of hydrogen-bond acceptors (Lipinski definition) is 3. The highest BCUT2D eigenvalue weighted by Crippen LogP contribution is 2.23. The molecule has 0 spiro atoms. The molecule has 0 saturated carbocycles. The summed E-state index contributed by atoms with van der Waals surface area (Å²) in [6.45, 7) is 1.71. The molecule has 0 bridgehead atoms. The van der Waals surface area contributed by atoms with E-state index in [0.29, 0.717) is 12.3 Å². The molecule has 25 heavy (non-hydrogen) atoms. The topological polar surface area (TPSA) is 55.6 Å². The second-order valence-corrected chi connectivity index (χ2v) is 6.79. The number of carbonyl (C=O) groups excluding carboxylic acids is 1. The molecule has 4 nitrogen and oxygen atoms in total. The maximum atomic E-state index is 12.5. The van der Waals surface area contributed by atoms with Gasteiger partial charge in [-0.25, -0.2) is 0 Å². The number of anilines is 1. The van der Waals surface area contributed by atoms with Gasteiger partial charge in [-0.15, -0.1) is 0 Å². The van der Waals surface area contributed by atoms with E-state index in [0.717, 1.165) is 49.4 Å². The second kappa shape index (κ2) is 8.06. The number of carbonyl (C=O) groups is 1. The Labute approximate surface area is 149 Å². The third-order valence-corrected chi connectivity index (χ3v) is 4.99. The van der Waals surface area contributed by atoms with Gasteiger partial charge in [0.15, 0.2) is 0 Å². The van der Waals surface area contributed by atoms with Gasteiger partial charge >= 0.3 is 0 Å². The molecule has 0 atom stereocenters. The maximum Gasteiger partial charge on any atom is 0.226 e. The molecule has 3 rings (SSSR count). The van der Waals surface area contributed by atoms with Gasteiger partial charge in [-0.2, -0.15) is 0 Å². The summed E-state index contributed by atoms with van der Waals surface area (Å²) in [6, 6.07) is 15.9. The summed E-state index contributed by atoms with van der Waals surface area (Å²) in [5.41, 5.74) is 8.79. The third-order valence-electron chi connectivity index (χ3n) is 4.99. The van der Waals surface area contributed by atoms with E-state index in [-0.39, 0.29) is 5.91 Å². The quantitative estimate of drug-likeness (QED) is 0.851. The summed E-state index contributed by atoms with van der Waals surface area (Å²) in [5.74, 6) is 1.76. The number of nitrogens with two attached hydrogens (primary N) is 1. The van der Waals surface area contributed by atoms with Crippen LogP contribution >= 0.6 is 0 Å². The van der Waals surface area contributed by atoms with Crippen LogP contribution in [-0.4, -0.2) is 31.0 Å². The Kier molecular flexibility index (Phi) is 5.59. The van der Waals surface area contributed by atoms with E-state index in [1.807, 2.05) is 41.3 Å². The molecule has 1 amide bonds. The number of methoxy groups -OCH3 is 1. The SMILES string of the molecule is COc1ccc(CC2CCN(C(=O)Cc3ccc(N)cc3)CC2)cc1. The molecule has 1 heterocycles. The minimum absolute atomic E-state index is 0.215. The number of likely N-dealkylation sites (tertiary alicyclic amines) is 1. The van der Waals surface area contributed by atoms with Crippen LogP contribution < -0.4 is 10.5 Å². The third kappa shape index (κ3) is 4.75. The molecule has 1 aliphatic heterocycles. The van der Waals surface area contributed by atoms with Crippen LogP contribution in [0.3, 0.4) is 0 Å². The Balaban J connectivity index is 1.47. The van der Waals surface area contributed by atoms with Gasteiger partial charge < -0.3 is 15.4 Å². The zero-order valence-corrected chi connectivity index (χ0v) is 14.8. The molecule has 0 radical (unpaired) electrons. The summed E-state index contributed by atoms with van der Waals surface area (Å²) in [6.07, 6.45) is 3.67. The van der Waals surface area contributed by atoms with E-state index in [1.165, 1.54) is 5.56 Å². The number of amides is 1. The highest BCUT2D eigenvalue weighted by Gasteiger charge is 2.23.